The zero-order valence-electron chi connectivity index (χ0n) is 11.2. The molecule has 8 nitrogen and oxygen atoms in total. The van der Waals surface area contributed by atoms with Gasteiger partial charge in [-0.25, -0.2) is 4.68 Å². The number of rotatable bonds is 7. The number of ether oxygens (including phenoxy) is 1. The van der Waals surface area contributed by atoms with Crippen LogP contribution >= 0.6 is 0 Å². The molecule has 0 radical (unpaired) electrons. The average molecular weight is 268 g/mol. The molecule has 1 aromatic rings. The molecule has 1 aliphatic rings. The van der Waals surface area contributed by atoms with Gasteiger partial charge >= 0.3 is 0 Å². The van der Waals surface area contributed by atoms with Crippen LogP contribution in [0.1, 0.15) is 6.42 Å². The maximum Gasteiger partial charge on any atom is 0.224 e. The Bertz CT molecular complexity index is 383. The second-order valence-electron chi connectivity index (χ2n) is 4.64. The Kier molecular flexibility index (Phi) is 5.22. The van der Waals surface area contributed by atoms with E-state index in [1.165, 1.54) is 6.33 Å². The lowest BCUT2D eigenvalue weighted by Gasteiger charge is -2.15. The third kappa shape index (κ3) is 4.25. The highest BCUT2D eigenvalue weighted by molar-refractivity contribution is 5.79. The number of amides is 1. The summed E-state index contributed by atoms with van der Waals surface area (Å²) in [5, 5.41) is 13.7. The van der Waals surface area contributed by atoms with Crippen LogP contribution in [0.4, 0.5) is 0 Å². The van der Waals surface area contributed by atoms with Gasteiger partial charge in [0, 0.05) is 26.7 Å². The van der Waals surface area contributed by atoms with Gasteiger partial charge in [0.2, 0.25) is 5.91 Å². The van der Waals surface area contributed by atoms with Crippen molar-refractivity contribution in [3.05, 3.63) is 6.33 Å². The third-order valence-corrected chi connectivity index (χ3v) is 3.29. The topological polar surface area (TPSA) is 85.2 Å². The van der Waals surface area contributed by atoms with Crippen molar-refractivity contribution in [1.82, 2.24) is 30.4 Å². The average Bonchev–Trinajstić information content (AvgIpc) is 3.07. The molecule has 2 heterocycles. The largest absolute Gasteiger partial charge is 0.383 e. The van der Waals surface area contributed by atoms with E-state index >= 15 is 0 Å². The smallest absolute Gasteiger partial charge is 0.224 e. The lowest BCUT2D eigenvalue weighted by Crippen LogP contribution is -2.35. The summed E-state index contributed by atoms with van der Waals surface area (Å²) in [5.41, 5.74) is 0. The quantitative estimate of drug-likeness (QED) is 0.665. The summed E-state index contributed by atoms with van der Waals surface area (Å²) < 4.78 is 6.64. The molecule has 0 aliphatic carbocycles. The number of methoxy groups -OCH3 is 1. The maximum atomic E-state index is 12.0. The van der Waals surface area contributed by atoms with Gasteiger partial charge in [-0.3, -0.25) is 4.79 Å². The van der Waals surface area contributed by atoms with E-state index in [0.29, 0.717) is 19.7 Å². The van der Waals surface area contributed by atoms with E-state index in [0.717, 1.165) is 26.1 Å². The zero-order chi connectivity index (χ0) is 13.5. The second-order valence-corrected chi connectivity index (χ2v) is 4.64. The number of likely N-dealkylation sites (tertiary alicyclic amines) is 1. The van der Waals surface area contributed by atoms with Crippen molar-refractivity contribution in [2.45, 2.75) is 13.0 Å². The van der Waals surface area contributed by atoms with Crippen molar-refractivity contribution < 1.29 is 9.53 Å². The number of hydrogen-bond donors (Lipinski definition) is 1. The van der Waals surface area contributed by atoms with E-state index in [1.807, 2.05) is 0 Å². The molecule has 19 heavy (non-hydrogen) atoms. The van der Waals surface area contributed by atoms with Crippen LogP contribution in [0.3, 0.4) is 0 Å². The van der Waals surface area contributed by atoms with E-state index in [-0.39, 0.29) is 11.8 Å². The number of aromatic nitrogens is 4. The number of nitrogens with zero attached hydrogens (tertiary/aromatic N) is 5. The van der Waals surface area contributed by atoms with Crippen molar-refractivity contribution >= 4 is 5.91 Å². The number of carbonyl (C=O) groups is 1. The molecular weight excluding hydrogens is 248 g/mol. The van der Waals surface area contributed by atoms with E-state index in [1.54, 1.807) is 11.8 Å². The fraction of sp³-hybridized carbons (Fsp3) is 0.818. The van der Waals surface area contributed by atoms with Gasteiger partial charge in [0.1, 0.15) is 6.33 Å². The molecule has 8 heteroatoms. The molecule has 0 bridgehead atoms. The molecule has 1 aromatic heterocycles. The summed E-state index contributed by atoms with van der Waals surface area (Å²) in [6.07, 6.45) is 2.45. The Balaban J connectivity index is 1.64. The Morgan fingerprint density at radius 3 is 3.16 bits per heavy atom. The first kappa shape index (κ1) is 13.9. The van der Waals surface area contributed by atoms with Crippen LogP contribution in [-0.4, -0.2) is 70.9 Å². The molecule has 0 aromatic carbocycles. The first-order valence-electron chi connectivity index (χ1n) is 6.49. The van der Waals surface area contributed by atoms with Gasteiger partial charge in [-0.1, -0.05) is 0 Å². The fourth-order valence-electron chi connectivity index (χ4n) is 2.19. The highest BCUT2D eigenvalue weighted by atomic mass is 16.5. The predicted octanol–water partition coefficient (Wildman–Crippen LogP) is -1.24. The Morgan fingerprint density at radius 2 is 2.42 bits per heavy atom. The molecule has 0 unspecified atom stereocenters. The number of carbonyl (C=O) groups excluding carboxylic acids is 1. The number of tetrazole rings is 1. The monoisotopic (exact) mass is 268 g/mol. The molecule has 1 fully saturated rings. The lowest BCUT2D eigenvalue weighted by atomic mass is 10.1. The molecular formula is C11H20N6O2. The van der Waals surface area contributed by atoms with Crippen LogP contribution in [0, 0.1) is 5.92 Å². The minimum Gasteiger partial charge on any atom is -0.383 e. The van der Waals surface area contributed by atoms with Crippen LogP contribution in [0.2, 0.25) is 0 Å². The molecule has 2 rings (SSSR count). The molecule has 1 amide bonds. The van der Waals surface area contributed by atoms with Gasteiger partial charge in [-0.2, -0.15) is 0 Å². The van der Waals surface area contributed by atoms with Crippen molar-refractivity contribution in [1.29, 1.82) is 0 Å². The fourth-order valence-corrected chi connectivity index (χ4v) is 2.19. The van der Waals surface area contributed by atoms with E-state index in [2.05, 4.69) is 25.7 Å². The van der Waals surface area contributed by atoms with Crippen molar-refractivity contribution in [3.63, 3.8) is 0 Å². The van der Waals surface area contributed by atoms with Crippen molar-refractivity contribution in [3.8, 4) is 0 Å². The van der Waals surface area contributed by atoms with Gasteiger partial charge in [0.25, 0.3) is 0 Å². The summed E-state index contributed by atoms with van der Waals surface area (Å²) in [6.45, 7) is 4.55. The molecule has 106 valence electrons. The van der Waals surface area contributed by atoms with Crippen LogP contribution in [0.15, 0.2) is 6.33 Å². The van der Waals surface area contributed by atoms with E-state index in [4.69, 9.17) is 4.74 Å². The molecule has 1 N–H and O–H groups in total. The molecule has 1 saturated heterocycles. The normalized spacial score (nSPS) is 19.7. The van der Waals surface area contributed by atoms with Gasteiger partial charge in [-0.05, 0) is 23.4 Å². The first-order valence-corrected chi connectivity index (χ1v) is 6.49. The van der Waals surface area contributed by atoms with Gasteiger partial charge in [0.05, 0.1) is 19.1 Å². The number of nitrogens with one attached hydrogen (secondary N) is 1. The van der Waals surface area contributed by atoms with Gasteiger partial charge < -0.3 is 15.0 Å². The zero-order valence-corrected chi connectivity index (χ0v) is 11.2. The van der Waals surface area contributed by atoms with E-state index < -0.39 is 0 Å². The minimum absolute atomic E-state index is 0.0886. The molecule has 1 aliphatic heterocycles. The van der Waals surface area contributed by atoms with E-state index in [9.17, 15) is 4.79 Å². The second kappa shape index (κ2) is 7.15. The Hall–Kier alpha value is -1.54. The van der Waals surface area contributed by atoms with Crippen LogP contribution < -0.4 is 5.32 Å². The molecule has 0 spiro atoms. The van der Waals surface area contributed by atoms with Gasteiger partial charge in [-0.15, -0.1) is 5.10 Å². The van der Waals surface area contributed by atoms with Crippen molar-refractivity contribution in [2.75, 3.05) is 39.9 Å². The summed E-state index contributed by atoms with van der Waals surface area (Å²) >= 11 is 0. The predicted molar refractivity (Wildman–Crippen MR) is 67.2 cm³/mol. The minimum atomic E-state index is 0.0886. The highest BCUT2D eigenvalue weighted by Gasteiger charge is 2.27. The number of hydrogen-bond acceptors (Lipinski definition) is 6. The lowest BCUT2D eigenvalue weighted by molar-refractivity contribution is -0.124. The van der Waals surface area contributed by atoms with Gasteiger partial charge in [0.15, 0.2) is 0 Å². The summed E-state index contributed by atoms with van der Waals surface area (Å²) in [7, 11) is 1.69. The third-order valence-electron chi connectivity index (χ3n) is 3.29. The molecule has 0 saturated carbocycles. The SMILES string of the molecule is COCCN1CC[C@H](C(=O)NCCn2cnnn2)C1. The molecule has 1 atom stereocenters. The summed E-state index contributed by atoms with van der Waals surface area (Å²) in [4.78, 5) is 14.2. The summed E-state index contributed by atoms with van der Waals surface area (Å²) in [5.74, 6) is 0.207. The van der Waals surface area contributed by atoms with Crippen molar-refractivity contribution in [2.24, 2.45) is 5.92 Å². The Labute approximate surface area is 112 Å². The maximum absolute atomic E-state index is 12.0. The highest BCUT2D eigenvalue weighted by Crippen LogP contribution is 2.15. The first-order chi connectivity index (χ1) is 9.29. The standard InChI is InChI=1S/C11H20N6O2/c1-19-7-6-16-4-2-10(8-16)11(18)12-3-5-17-9-13-14-15-17/h9-10H,2-8H2,1H3,(H,12,18)/t10-/m0/s1. The Morgan fingerprint density at radius 1 is 1.53 bits per heavy atom. The summed E-state index contributed by atoms with van der Waals surface area (Å²) in [6, 6.07) is 0. The van der Waals surface area contributed by atoms with Crippen LogP contribution in [0.25, 0.3) is 0 Å². The van der Waals surface area contributed by atoms with Crippen LogP contribution in [-0.2, 0) is 16.1 Å². The van der Waals surface area contributed by atoms with Crippen LogP contribution in [0.5, 0.6) is 0 Å².